The highest BCUT2D eigenvalue weighted by Gasteiger charge is 2.18. The maximum absolute atomic E-state index is 12.0. The van der Waals surface area contributed by atoms with Gasteiger partial charge in [-0.15, -0.1) is 0 Å². The molecule has 7 nitrogen and oxygen atoms in total. The first-order valence-corrected chi connectivity index (χ1v) is 9.05. The zero-order chi connectivity index (χ0) is 15.0. The predicted octanol–water partition coefficient (Wildman–Crippen LogP) is 1.15. The molecule has 0 amide bonds. The first-order valence-electron chi connectivity index (χ1n) is 5.26. The monoisotopic (exact) mass is 335 g/mol. The van der Waals surface area contributed by atoms with Crippen LogP contribution < -0.4 is 4.72 Å². The first-order chi connectivity index (χ1) is 9.20. The third-order valence-electron chi connectivity index (χ3n) is 2.44. The molecule has 0 radical (unpaired) electrons. The summed E-state index contributed by atoms with van der Waals surface area (Å²) < 4.78 is 49.8. The minimum absolute atomic E-state index is 0.00783. The summed E-state index contributed by atoms with van der Waals surface area (Å²) in [5.74, 6) is 0. The summed E-state index contributed by atoms with van der Waals surface area (Å²) in [6.07, 6.45) is 1.36. The van der Waals surface area contributed by atoms with Gasteiger partial charge in [-0.3, -0.25) is 9.40 Å². The number of halogens is 1. The van der Waals surface area contributed by atoms with Crippen LogP contribution >= 0.6 is 10.7 Å². The number of nitrogens with zero attached hydrogens (tertiary/aromatic N) is 2. The molecule has 0 unspecified atom stereocenters. The topological polar surface area (TPSA) is 98.1 Å². The fourth-order valence-electron chi connectivity index (χ4n) is 1.52. The molecule has 0 aliphatic heterocycles. The Morgan fingerprint density at radius 3 is 2.15 bits per heavy atom. The van der Waals surface area contributed by atoms with Crippen LogP contribution in [0.3, 0.4) is 0 Å². The van der Waals surface area contributed by atoms with Gasteiger partial charge in [0.05, 0.1) is 11.1 Å². The van der Waals surface area contributed by atoms with Crippen molar-refractivity contribution in [1.82, 2.24) is 9.78 Å². The van der Waals surface area contributed by atoms with Crippen molar-refractivity contribution in [2.75, 3.05) is 4.72 Å². The fourth-order valence-corrected chi connectivity index (χ4v) is 3.47. The molecular formula is C10H10ClN3O4S2. The number of benzene rings is 1. The van der Waals surface area contributed by atoms with Gasteiger partial charge in [0.2, 0.25) is 0 Å². The van der Waals surface area contributed by atoms with Crippen LogP contribution in [-0.2, 0) is 26.1 Å². The van der Waals surface area contributed by atoms with Crippen molar-refractivity contribution in [3.8, 4) is 0 Å². The third-order valence-corrected chi connectivity index (χ3v) is 5.26. The zero-order valence-electron chi connectivity index (χ0n) is 10.2. The van der Waals surface area contributed by atoms with E-state index in [0.717, 1.165) is 0 Å². The van der Waals surface area contributed by atoms with Gasteiger partial charge in [-0.2, -0.15) is 13.5 Å². The standard InChI is InChI=1S/C10H10ClN3O4S2/c1-14-10(6-7-12-14)20(17,18)13-8-2-4-9(5-3-8)19(11,15)16/h2-7,13H,1H3. The van der Waals surface area contributed by atoms with Gasteiger partial charge in [0.15, 0.2) is 5.03 Å². The molecule has 0 fully saturated rings. The number of nitrogens with one attached hydrogen (secondary N) is 1. The molecule has 0 saturated carbocycles. The van der Waals surface area contributed by atoms with Gasteiger partial charge in [0, 0.05) is 23.4 Å². The Hall–Kier alpha value is -1.58. The van der Waals surface area contributed by atoms with E-state index in [1.165, 1.54) is 48.3 Å². The van der Waals surface area contributed by atoms with Crippen LogP contribution in [0, 0.1) is 0 Å². The van der Waals surface area contributed by atoms with E-state index >= 15 is 0 Å². The number of hydrogen-bond donors (Lipinski definition) is 1. The quantitative estimate of drug-likeness (QED) is 0.845. The van der Waals surface area contributed by atoms with Gasteiger partial charge in [0.1, 0.15) is 0 Å². The molecular weight excluding hydrogens is 326 g/mol. The van der Waals surface area contributed by atoms with Gasteiger partial charge in [0.25, 0.3) is 19.1 Å². The van der Waals surface area contributed by atoms with E-state index in [4.69, 9.17) is 10.7 Å². The van der Waals surface area contributed by atoms with Crippen molar-refractivity contribution in [3.63, 3.8) is 0 Å². The average Bonchev–Trinajstić information content (AvgIpc) is 2.75. The molecule has 0 atom stereocenters. The van der Waals surface area contributed by atoms with E-state index in [-0.39, 0.29) is 15.6 Å². The summed E-state index contributed by atoms with van der Waals surface area (Å²) in [7, 11) is -0.948. The molecule has 0 aliphatic rings. The van der Waals surface area contributed by atoms with Gasteiger partial charge in [-0.25, -0.2) is 8.42 Å². The summed E-state index contributed by atoms with van der Waals surface area (Å²) in [4.78, 5) is -0.109. The molecule has 0 saturated heterocycles. The first kappa shape index (κ1) is 14.8. The van der Waals surface area contributed by atoms with E-state index in [1.807, 2.05) is 0 Å². The highest BCUT2D eigenvalue weighted by atomic mass is 35.7. The molecule has 1 N–H and O–H groups in total. The molecule has 20 heavy (non-hydrogen) atoms. The van der Waals surface area contributed by atoms with Crippen LogP contribution in [0.1, 0.15) is 0 Å². The Balaban J connectivity index is 2.29. The van der Waals surface area contributed by atoms with Crippen molar-refractivity contribution in [2.45, 2.75) is 9.92 Å². The van der Waals surface area contributed by atoms with Crippen LogP contribution in [0.2, 0.25) is 0 Å². The van der Waals surface area contributed by atoms with Crippen molar-refractivity contribution in [1.29, 1.82) is 0 Å². The van der Waals surface area contributed by atoms with Crippen molar-refractivity contribution >= 4 is 35.4 Å². The summed E-state index contributed by atoms with van der Waals surface area (Å²) in [5, 5.41) is 3.76. The number of rotatable bonds is 4. The molecule has 0 aliphatic carbocycles. The van der Waals surface area contributed by atoms with Crippen molar-refractivity contribution in [3.05, 3.63) is 36.5 Å². The summed E-state index contributed by atoms with van der Waals surface area (Å²) in [5.41, 5.74) is 0.218. The minimum atomic E-state index is -3.83. The van der Waals surface area contributed by atoms with Crippen LogP contribution in [0.25, 0.3) is 0 Å². The lowest BCUT2D eigenvalue weighted by molar-refractivity contribution is 0.582. The van der Waals surface area contributed by atoms with E-state index < -0.39 is 19.1 Å². The van der Waals surface area contributed by atoms with Gasteiger partial charge >= 0.3 is 0 Å². The van der Waals surface area contributed by atoms with Crippen molar-refractivity contribution < 1.29 is 16.8 Å². The number of hydrogen-bond acceptors (Lipinski definition) is 5. The van der Waals surface area contributed by atoms with Crippen molar-refractivity contribution in [2.24, 2.45) is 7.05 Å². The number of anilines is 1. The Morgan fingerprint density at radius 1 is 1.10 bits per heavy atom. The van der Waals surface area contributed by atoms with Crippen LogP contribution in [0.5, 0.6) is 0 Å². The summed E-state index contributed by atoms with van der Waals surface area (Å²) in [6.45, 7) is 0. The second-order valence-corrected chi connectivity index (χ2v) is 8.06. The second kappa shape index (κ2) is 5.08. The molecule has 1 aromatic carbocycles. The molecule has 1 heterocycles. The van der Waals surface area contributed by atoms with Crippen LogP contribution in [-0.4, -0.2) is 26.6 Å². The molecule has 10 heteroatoms. The highest BCUT2D eigenvalue weighted by Crippen LogP contribution is 2.20. The molecule has 1 aromatic heterocycles. The van der Waals surface area contributed by atoms with Gasteiger partial charge < -0.3 is 0 Å². The number of sulfonamides is 1. The lowest BCUT2D eigenvalue weighted by Crippen LogP contribution is -2.16. The minimum Gasteiger partial charge on any atom is -0.278 e. The Kier molecular flexibility index (Phi) is 3.76. The molecule has 0 spiro atoms. The second-order valence-electron chi connectivity index (χ2n) is 3.86. The Morgan fingerprint density at radius 2 is 1.70 bits per heavy atom. The zero-order valence-corrected chi connectivity index (χ0v) is 12.6. The molecule has 2 rings (SSSR count). The third kappa shape index (κ3) is 3.11. The fraction of sp³-hybridized carbons (Fsp3) is 0.100. The van der Waals surface area contributed by atoms with Crippen LogP contribution in [0.15, 0.2) is 46.5 Å². The van der Waals surface area contributed by atoms with E-state index in [9.17, 15) is 16.8 Å². The number of aryl methyl sites for hydroxylation is 1. The summed E-state index contributed by atoms with van der Waals surface area (Å²) in [6, 6.07) is 6.39. The van der Waals surface area contributed by atoms with Gasteiger partial charge in [-0.05, 0) is 30.3 Å². The van der Waals surface area contributed by atoms with E-state index in [0.29, 0.717) is 0 Å². The highest BCUT2D eigenvalue weighted by molar-refractivity contribution is 8.13. The maximum atomic E-state index is 12.0. The Bertz CT molecular complexity index is 826. The molecule has 0 bridgehead atoms. The smallest absolute Gasteiger partial charge is 0.278 e. The average molecular weight is 336 g/mol. The van der Waals surface area contributed by atoms with E-state index in [1.54, 1.807) is 0 Å². The summed E-state index contributed by atoms with van der Waals surface area (Å²) >= 11 is 0. The lowest BCUT2D eigenvalue weighted by atomic mass is 10.3. The lowest BCUT2D eigenvalue weighted by Gasteiger charge is -2.08. The number of aromatic nitrogens is 2. The largest absolute Gasteiger partial charge is 0.279 e. The van der Waals surface area contributed by atoms with Crippen LogP contribution in [0.4, 0.5) is 5.69 Å². The normalized spacial score (nSPS) is 12.3. The predicted molar refractivity (Wildman–Crippen MR) is 73.5 cm³/mol. The molecule has 108 valence electrons. The molecule has 2 aromatic rings. The van der Waals surface area contributed by atoms with Gasteiger partial charge in [-0.1, -0.05) is 0 Å². The Labute approximate surface area is 120 Å². The SMILES string of the molecule is Cn1nccc1S(=O)(=O)Nc1ccc(S(=O)(=O)Cl)cc1. The maximum Gasteiger partial charge on any atom is 0.279 e. The van der Waals surface area contributed by atoms with E-state index in [2.05, 4.69) is 9.82 Å².